The van der Waals surface area contributed by atoms with Crippen molar-refractivity contribution in [2.75, 3.05) is 13.2 Å². The van der Waals surface area contributed by atoms with E-state index in [2.05, 4.69) is 0 Å². The van der Waals surface area contributed by atoms with Crippen LogP contribution >= 0.6 is 23.2 Å². The molecule has 0 spiro atoms. The number of ketones is 1. The molecule has 2 aromatic rings. The molecule has 7 heteroatoms. The first-order chi connectivity index (χ1) is 14.8. The van der Waals surface area contributed by atoms with E-state index in [0.717, 1.165) is 12.0 Å². The molecule has 1 amide bonds. The van der Waals surface area contributed by atoms with Crippen molar-refractivity contribution in [3.63, 3.8) is 0 Å². The number of rotatable bonds is 7. The van der Waals surface area contributed by atoms with Crippen LogP contribution in [0.2, 0.25) is 10.0 Å². The van der Waals surface area contributed by atoms with Crippen LogP contribution in [0.1, 0.15) is 49.4 Å². The van der Waals surface area contributed by atoms with Crippen molar-refractivity contribution in [1.82, 2.24) is 4.90 Å². The lowest BCUT2D eigenvalue weighted by Crippen LogP contribution is -2.30. The van der Waals surface area contributed by atoms with Crippen molar-refractivity contribution in [2.45, 2.75) is 39.7 Å². The van der Waals surface area contributed by atoms with Crippen LogP contribution in [0.3, 0.4) is 0 Å². The van der Waals surface area contributed by atoms with Crippen molar-refractivity contribution < 1.29 is 19.4 Å². The Morgan fingerprint density at radius 2 is 1.81 bits per heavy atom. The summed E-state index contributed by atoms with van der Waals surface area (Å²) in [6.45, 7) is 6.77. The minimum atomic E-state index is -0.744. The zero-order chi connectivity index (χ0) is 22.7. The van der Waals surface area contributed by atoms with Crippen LogP contribution in [0.4, 0.5) is 0 Å². The van der Waals surface area contributed by atoms with E-state index in [1.807, 2.05) is 20.8 Å². The van der Waals surface area contributed by atoms with Crippen LogP contribution < -0.4 is 4.74 Å². The molecule has 5 nitrogen and oxygen atoms in total. The van der Waals surface area contributed by atoms with Gasteiger partial charge in [-0.2, -0.15) is 0 Å². The molecule has 31 heavy (non-hydrogen) atoms. The number of nitrogens with zero attached hydrogens (tertiary/aromatic N) is 1. The number of ether oxygens (including phenoxy) is 1. The second-order valence-corrected chi connectivity index (χ2v) is 8.31. The number of benzene rings is 2. The van der Waals surface area contributed by atoms with Crippen molar-refractivity contribution in [1.29, 1.82) is 0 Å². The van der Waals surface area contributed by atoms with E-state index < -0.39 is 17.7 Å². The van der Waals surface area contributed by atoms with Crippen LogP contribution in [0.25, 0.3) is 5.76 Å². The first-order valence-electron chi connectivity index (χ1n) is 10.3. The molecule has 0 saturated carbocycles. The van der Waals surface area contributed by atoms with Gasteiger partial charge >= 0.3 is 0 Å². The summed E-state index contributed by atoms with van der Waals surface area (Å²) < 4.78 is 5.69. The standard InChI is InChI=1S/C24H25Cl2NO4/c1-4-10-27-21(15-6-8-17(25)18(26)13-15)20(23(29)24(27)30)22(28)16-7-9-19(14(3)12-16)31-11-5-2/h6-9,12-13,21,28H,4-5,10-11H2,1-3H3/b22-20-. The fraction of sp³-hybridized carbons (Fsp3) is 0.333. The van der Waals surface area contributed by atoms with Crippen LogP contribution in [-0.2, 0) is 9.59 Å². The lowest BCUT2D eigenvalue weighted by atomic mass is 9.94. The third-order valence-electron chi connectivity index (χ3n) is 5.17. The number of carbonyl (C=O) groups is 2. The Morgan fingerprint density at radius 3 is 2.42 bits per heavy atom. The number of carbonyl (C=O) groups excluding carboxylic acids is 2. The van der Waals surface area contributed by atoms with Gasteiger partial charge < -0.3 is 14.7 Å². The number of hydrogen-bond acceptors (Lipinski definition) is 4. The van der Waals surface area contributed by atoms with Gasteiger partial charge in [-0.25, -0.2) is 0 Å². The van der Waals surface area contributed by atoms with Crippen molar-refractivity contribution in [2.24, 2.45) is 0 Å². The molecule has 3 rings (SSSR count). The summed E-state index contributed by atoms with van der Waals surface area (Å²) in [5.41, 5.74) is 1.92. The summed E-state index contributed by atoms with van der Waals surface area (Å²) in [7, 11) is 0. The van der Waals surface area contributed by atoms with E-state index in [-0.39, 0.29) is 11.3 Å². The molecule has 1 N–H and O–H groups in total. The molecule has 0 radical (unpaired) electrons. The molecule has 1 unspecified atom stereocenters. The van der Waals surface area contributed by atoms with Gasteiger partial charge in [-0.15, -0.1) is 0 Å². The Bertz CT molecular complexity index is 1050. The number of amides is 1. The molecule has 1 heterocycles. The molecule has 0 aromatic heterocycles. The van der Waals surface area contributed by atoms with Gasteiger partial charge in [0.25, 0.3) is 11.7 Å². The fourth-order valence-electron chi connectivity index (χ4n) is 3.71. The number of likely N-dealkylation sites (tertiary alicyclic amines) is 1. The Balaban J connectivity index is 2.13. The molecule has 1 aliphatic rings. The van der Waals surface area contributed by atoms with Gasteiger partial charge in [-0.05, 0) is 61.2 Å². The zero-order valence-electron chi connectivity index (χ0n) is 17.7. The van der Waals surface area contributed by atoms with Gasteiger partial charge in [0.1, 0.15) is 11.5 Å². The SMILES string of the molecule is CCCOc1ccc(/C(O)=C2/C(=O)C(=O)N(CCC)C2c2ccc(Cl)c(Cl)c2)cc1C. The van der Waals surface area contributed by atoms with Crippen molar-refractivity contribution in [3.05, 3.63) is 68.7 Å². The average molecular weight is 462 g/mol. The average Bonchev–Trinajstić information content (AvgIpc) is 2.99. The van der Waals surface area contributed by atoms with E-state index in [1.165, 1.54) is 4.90 Å². The largest absolute Gasteiger partial charge is 0.507 e. The molecule has 1 saturated heterocycles. The number of aryl methyl sites for hydroxylation is 1. The van der Waals surface area contributed by atoms with Gasteiger partial charge in [0, 0.05) is 12.1 Å². The number of aliphatic hydroxyl groups is 1. The molecular weight excluding hydrogens is 437 g/mol. The van der Waals surface area contributed by atoms with Crippen LogP contribution in [0.5, 0.6) is 5.75 Å². The first kappa shape index (κ1) is 23.2. The fourth-order valence-corrected chi connectivity index (χ4v) is 4.01. The maximum atomic E-state index is 12.9. The number of halogens is 2. The van der Waals surface area contributed by atoms with E-state index >= 15 is 0 Å². The van der Waals surface area contributed by atoms with E-state index in [4.69, 9.17) is 27.9 Å². The highest BCUT2D eigenvalue weighted by molar-refractivity contribution is 6.46. The monoisotopic (exact) mass is 461 g/mol. The molecular formula is C24H25Cl2NO4. The van der Waals surface area contributed by atoms with Crippen LogP contribution in [0.15, 0.2) is 42.0 Å². The van der Waals surface area contributed by atoms with Crippen LogP contribution in [0, 0.1) is 6.92 Å². The summed E-state index contributed by atoms with van der Waals surface area (Å²) >= 11 is 12.3. The highest BCUT2D eigenvalue weighted by atomic mass is 35.5. The van der Waals surface area contributed by atoms with E-state index in [1.54, 1.807) is 36.4 Å². The maximum Gasteiger partial charge on any atom is 0.295 e. The third kappa shape index (κ3) is 4.58. The summed E-state index contributed by atoms with van der Waals surface area (Å²) in [6, 6.07) is 9.42. The number of aliphatic hydroxyl groups excluding tert-OH is 1. The summed E-state index contributed by atoms with van der Waals surface area (Å²) in [6.07, 6.45) is 1.54. The normalized spacial score (nSPS) is 18.0. The van der Waals surface area contributed by atoms with Gasteiger partial charge in [-0.1, -0.05) is 43.1 Å². The van der Waals surface area contributed by atoms with Gasteiger partial charge in [0.15, 0.2) is 0 Å². The van der Waals surface area contributed by atoms with Crippen LogP contribution in [-0.4, -0.2) is 34.8 Å². The zero-order valence-corrected chi connectivity index (χ0v) is 19.3. The third-order valence-corrected chi connectivity index (χ3v) is 5.91. The molecule has 2 aromatic carbocycles. The number of hydrogen-bond donors (Lipinski definition) is 1. The smallest absolute Gasteiger partial charge is 0.295 e. The summed E-state index contributed by atoms with van der Waals surface area (Å²) in [4.78, 5) is 27.2. The molecule has 1 aliphatic heterocycles. The second-order valence-electron chi connectivity index (χ2n) is 7.49. The van der Waals surface area contributed by atoms with Crippen molar-refractivity contribution >= 4 is 40.7 Å². The molecule has 1 fully saturated rings. The highest BCUT2D eigenvalue weighted by Crippen LogP contribution is 2.41. The highest BCUT2D eigenvalue weighted by Gasteiger charge is 2.45. The lowest BCUT2D eigenvalue weighted by molar-refractivity contribution is -0.139. The van der Waals surface area contributed by atoms with Gasteiger partial charge in [0.05, 0.1) is 28.3 Å². The maximum absolute atomic E-state index is 12.9. The Kier molecular flexibility index (Phi) is 7.29. The van der Waals surface area contributed by atoms with Gasteiger partial charge in [-0.3, -0.25) is 9.59 Å². The first-order valence-corrected chi connectivity index (χ1v) is 11.0. The van der Waals surface area contributed by atoms with Crippen molar-refractivity contribution in [3.8, 4) is 5.75 Å². The Labute approximate surface area is 192 Å². The molecule has 1 atom stereocenters. The minimum Gasteiger partial charge on any atom is -0.507 e. The molecule has 164 valence electrons. The molecule has 0 aliphatic carbocycles. The second kappa shape index (κ2) is 9.75. The Morgan fingerprint density at radius 1 is 1.06 bits per heavy atom. The predicted molar refractivity (Wildman–Crippen MR) is 123 cm³/mol. The van der Waals surface area contributed by atoms with Gasteiger partial charge in [0.2, 0.25) is 0 Å². The summed E-state index contributed by atoms with van der Waals surface area (Å²) in [5.74, 6) is -0.867. The molecule has 0 bridgehead atoms. The number of Topliss-reactive ketones (excluding diaryl/α,β-unsaturated/α-hetero) is 1. The predicted octanol–water partition coefficient (Wildman–Crippen LogP) is 5.92. The minimum absolute atomic E-state index is 0.0402. The van der Waals surface area contributed by atoms with E-state index in [0.29, 0.717) is 46.5 Å². The quantitative estimate of drug-likeness (QED) is 0.315. The summed E-state index contributed by atoms with van der Waals surface area (Å²) in [5, 5.41) is 11.8. The topological polar surface area (TPSA) is 66.8 Å². The Hall–Kier alpha value is -2.50. The van der Waals surface area contributed by atoms with E-state index in [9.17, 15) is 14.7 Å². The lowest BCUT2D eigenvalue weighted by Gasteiger charge is -2.25.